The van der Waals surface area contributed by atoms with E-state index in [1.807, 2.05) is 36.4 Å². The van der Waals surface area contributed by atoms with Gasteiger partial charge in [-0.25, -0.2) is 0 Å². The van der Waals surface area contributed by atoms with Gasteiger partial charge in [0.1, 0.15) is 0 Å². The monoisotopic (exact) mass is 346 g/mol. The molecule has 0 aliphatic carbocycles. The van der Waals surface area contributed by atoms with Crippen molar-refractivity contribution < 1.29 is 9.84 Å². The van der Waals surface area contributed by atoms with Crippen molar-refractivity contribution in [3.05, 3.63) is 83.9 Å². The van der Waals surface area contributed by atoms with Gasteiger partial charge in [0.15, 0.2) is 11.5 Å². The van der Waals surface area contributed by atoms with E-state index >= 15 is 0 Å². The van der Waals surface area contributed by atoms with Crippen LogP contribution in [-0.2, 0) is 6.42 Å². The second-order valence-electron chi connectivity index (χ2n) is 5.87. The number of methoxy groups -OCH3 is 1. The second-order valence-corrected chi connectivity index (χ2v) is 5.87. The zero-order valence-corrected chi connectivity index (χ0v) is 14.7. The van der Waals surface area contributed by atoms with Crippen LogP contribution in [0.4, 0.5) is 11.4 Å². The third kappa shape index (κ3) is 4.63. The molecule has 132 valence electrons. The van der Waals surface area contributed by atoms with E-state index in [9.17, 15) is 5.11 Å². The summed E-state index contributed by atoms with van der Waals surface area (Å²) >= 11 is 0. The Morgan fingerprint density at radius 2 is 1.73 bits per heavy atom. The smallest absolute Gasteiger partial charge is 0.166 e. The lowest BCUT2D eigenvalue weighted by molar-refractivity contribution is 0.373. The van der Waals surface area contributed by atoms with E-state index in [0.717, 1.165) is 24.3 Å². The van der Waals surface area contributed by atoms with Crippen molar-refractivity contribution in [2.45, 2.75) is 6.42 Å². The fraction of sp³-hybridized carbons (Fsp3) is 0.136. The molecule has 0 saturated heterocycles. The standard InChI is InChI=1S/C22H22N2O2/c1-26-21-9-5-8-18(22(21)25)16-24-20-12-10-19(11-13-20)23-15-14-17-6-3-2-4-7-17/h2-13,16,23,25H,14-15H2,1H3. The molecule has 0 radical (unpaired) electrons. The molecule has 3 aromatic rings. The Kier molecular flexibility index (Phi) is 5.88. The van der Waals surface area contributed by atoms with E-state index in [2.05, 4.69) is 34.6 Å². The first kappa shape index (κ1) is 17.5. The third-order valence-corrected chi connectivity index (χ3v) is 4.06. The Bertz CT molecular complexity index is 859. The number of ether oxygens (including phenoxy) is 1. The van der Waals surface area contributed by atoms with Crippen molar-refractivity contribution in [2.75, 3.05) is 19.0 Å². The zero-order chi connectivity index (χ0) is 18.2. The summed E-state index contributed by atoms with van der Waals surface area (Å²) in [6.07, 6.45) is 2.62. The van der Waals surface area contributed by atoms with Crippen molar-refractivity contribution in [1.82, 2.24) is 0 Å². The maximum absolute atomic E-state index is 10.1. The first-order valence-corrected chi connectivity index (χ1v) is 8.54. The molecular weight excluding hydrogens is 324 g/mol. The Hall–Kier alpha value is -3.27. The molecule has 0 aliphatic rings. The van der Waals surface area contributed by atoms with E-state index in [0.29, 0.717) is 11.3 Å². The van der Waals surface area contributed by atoms with Gasteiger partial charge in [-0.3, -0.25) is 4.99 Å². The van der Waals surface area contributed by atoms with Crippen LogP contribution in [0.25, 0.3) is 0 Å². The minimum Gasteiger partial charge on any atom is -0.504 e. The Morgan fingerprint density at radius 1 is 0.962 bits per heavy atom. The molecule has 0 fully saturated rings. The SMILES string of the molecule is COc1cccc(C=Nc2ccc(NCCc3ccccc3)cc2)c1O. The van der Waals surface area contributed by atoms with Gasteiger partial charge in [-0.05, 0) is 48.4 Å². The average Bonchev–Trinajstić information content (AvgIpc) is 2.69. The molecule has 0 spiro atoms. The number of rotatable bonds is 7. The topological polar surface area (TPSA) is 53.8 Å². The molecule has 0 bridgehead atoms. The summed E-state index contributed by atoms with van der Waals surface area (Å²) in [6, 6.07) is 23.6. The van der Waals surface area contributed by atoms with Gasteiger partial charge in [0.2, 0.25) is 0 Å². The van der Waals surface area contributed by atoms with Crippen LogP contribution in [0, 0.1) is 0 Å². The highest BCUT2D eigenvalue weighted by atomic mass is 16.5. The summed E-state index contributed by atoms with van der Waals surface area (Å²) in [4.78, 5) is 4.41. The molecule has 0 unspecified atom stereocenters. The van der Waals surface area contributed by atoms with Crippen molar-refractivity contribution in [2.24, 2.45) is 4.99 Å². The van der Waals surface area contributed by atoms with E-state index in [-0.39, 0.29) is 5.75 Å². The molecule has 0 aliphatic heterocycles. The van der Waals surface area contributed by atoms with E-state index in [4.69, 9.17) is 4.74 Å². The molecule has 4 nitrogen and oxygen atoms in total. The van der Waals surface area contributed by atoms with Crippen LogP contribution in [0.5, 0.6) is 11.5 Å². The van der Waals surface area contributed by atoms with Gasteiger partial charge in [0.05, 0.1) is 12.8 Å². The van der Waals surface area contributed by atoms with Gasteiger partial charge in [0.25, 0.3) is 0 Å². The highest BCUT2D eigenvalue weighted by Crippen LogP contribution is 2.28. The zero-order valence-electron chi connectivity index (χ0n) is 14.7. The van der Waals surface area contributed by atoms with E-state index in [1.165, 1.54) is 12.7 Å². The molecule has 0 atom stereocenters. The van der Waals surface area contributed by atoms with Gasteiger partial charge < -0.3 is 15.2 Å². The van der Waals surface area contributed by atoms with E-state index in [1.54, 1.807) is 18.3 Å². The molecule has 3 rings (SSSR count). The maximum Gasteiger partial charge on any atom is 0.166 e. The number of aromatic hydroxyl groups is 1. The van der Waals surface area contributed by atoms with Crippen LogP contribution >= 0.6 is 0 Å². The van der Waals surface area contributed by atoms with Crippen LogP contribution in [-0.4, -0.2) is 25.0 Å². The van der Waals surface area contributed by atoms with Crippen LogP contribution in [0.2, 0.25) is 0 Å². The first-order chi connectivity index (χ1) is 12.8. The third-order valence-electron chi connectivity index (χ3n) is 4.06. The summed E-state index contributed by atoms with van der Waals surface area (Å²) in [5.74, 6) is 0.532. The Balaban J connectivity index is 1.57. The average molecular weight is 346 g/mol. The molecule has 0 saturated carbocycles. The lowest BCUT2D eigenvalue weighted by Gasteiger charge is -2.07. The number of hydrogen-bond acceptors (Lipinski definition) is 4. The number of anilines is 1. The molecule has 0 aromatic heterocycles. The molecule has 4 heteroatoms. The van der Waals surface area contributed by atoms with Crippen molar-refractivity contribution in [3.8, 4) is 11.5 Å². The number of hydrogen-bond donors (Lipinski definition) is 2. The van der Waals surface area contributed by atoms with Crippen molar-refractivity contribution in [3.63, 3.8) is 0 Å². The molecular formula is C22H22N2O2. The highest BCUT2D eigenvalue weighted by Gasteiger charge is 2.04. The number of nitrogens with zero attached hydrogens (tertiary/aromatic N) is 1. The number of aliphatic imine (C=N–C) groups is 1. The van der Waals surface area contributed by atoms with Crippen molar-refractivity contribution >= 4 is 17.6 Å². The van der Waals surface area contributed by atoms with E-state index < -0.39 is 0 Å². The van der Waals surface area contributed by atoms with Gasteiger partial charge in [0, 0.05) is 24.0 Å². The quantitative estimate of drug-likeness (QED) is 0.604. The number of benzene rings is 3. The minimum atomic E-state index is 0.0953. The van der Waals surface area contributed by atoms with Gasteiger partial charge in [-0.2, -0.15) is 0 Å². The number of para-hydroxylation sites is 1. The lowest BCUT2D eigenvalue weighted by atomic mass is 10.1. The molecule has 26 heavy (non-hydrogen) atoms. The van der Waals surface area contributed by atoms with Crippen LogP contribution < -0.4 is 10.1 Å². The molecule has 0 heterocycles. The Morgan fingerprint density at radius 3 is 2.46 bits per heavy atom. The largest absolute Gasteiger partial charge is 0.504 e. The normalized spacial score (nSPS) is 10.8. The van der Waals surface area contributed by atoms with Gasteiger partial charge in [-0.15, -0.1) is 0 Å². The summed E-state index contributed by atoms with van der Waals surface area (Å²) in [5, 5.41) is 13.5. The van der Waals surface area contributed by atoms with Crippen LogP contribution in [0.1, 0.15) is 11.1 Å². The summed E-state index contributed by atoms with van der Waals surface area (Å²) in [5.41, 5.74) is 3.82. The van der Waals surface area contributed by atoms with Crippen molar-refractivity contribution in [1.29, 1.82) is 0 Å². The number of nitrogens with one attached hydrogen (secondary N) is 1. The predicted molar refractivity (Wildman–Crippen MR) is 107 cm³/mol. The molecule has 0 amide bonds. The molecule has 2 N–H and O–H groups in total. The fourth-order valence-electron chi connectivity index (χ4n) is 2.61. The second kappa shape index (κ2) is 8.72. The van der Waals surface area contributed by atoms with Gasteiger partial charge in [-0.1, -0.05) is 36.4 Å². The molecule has 3 aromatic carbocycles. The van der Waals surface area contributed by atoms with Gasteiger partial charge >= 0.3 is 0 Å². The predicted octanol–water partition coefficient (Wildman–Crippen LogP) is 4.81. The minimum absolute atomic E-state index is 0.0953. The lowest BCUT2D eigenvalue weighted by Crippen LogP contribution is -2.04. The maximum atomic E-state index is 10.1. The first-order valence-electron chi connectivity index (χ1n) is 8.54. The highest BCUT2D eigenvalue weighted by molar-refractivity contribution is 5.86. The summed E-state index contributed by atoms with van der Waals surface area (Å²) in [7, 11) is 1.53. The van der Waals surface area contributed by atoms with Crippen LogP contribution in [0.15, 0.2) is 77.8 Å². The Labute approximate surface area is 153 Å². The number of phenolic OH excluding ortho intramolecular Hbond substituents is 1. The summed E-state index contributed by atoms with van der Waals surface area (Å²) in [6.45, 7) is 0.879. The summed E-state index contributed by atoms with van der Waals surface area (Å²) < 4.78 is 5.10. The number of phenols is 1. The fourth-order valence-corrected chi connectivity index (χ4v) is 2.61. The van der Waals surface area contributed by atoms with Crippen LogP contribution in [0.3, 0.4) is 0 Å².